The van der Waals surface area contributed by atoms with Crippen LogP contribution in [0.4, 0.5) is 5.69 Å². The molecule has 0 aromatic heterocycles. The summed E-state index contributed by atoms with van der Waals surface area (Å²) < 4.78 is 0. The largest absolute Gasteiger partial charge is 0.339 e. The monoisotopic (exact) mass is 376 g/mol. The van der Waals surface area contributed by atoms with Gasteiger partial charge >= 0.3 is 0 Å². The van der Waals surface area contributed by atoms with E-state index in [9.17, 15) is 9.59 Å². The second kappa shape index (κ2) is 7.89. The number of nitrogens with zero attached hydrogens (tertiary/aromatic N) is 1. The van der Waals surface area contributed by atoms with Gasteiger partial charge in [0.05, 0.1) is 15.6 Å². The highest BCUT2D eigenvalue weighted by molar-refractivity contribution is 6.44. The Morgan fingerprint density at radius 2 is 1.60 bits per heavy atom. The summed E-state index contributed by atoms with van der Waals surface area (Å²) in [7, 11) is 0. The summed E-state index contributed by atoms with van der Waals surface area (Å²) in [5.74, 6) is -0.307. The van der Waals surface area contributed by atoms with Crippen LogP contribution in [0.3, 0.4) is 0 Å². The van der Waals surface area contributed by atoms with E-state index in [-0.39, 0.29) is 16.8 Å². The summed E-state index contributed by atoms with van der Waals surface area (Å²) in [4.78, 5) is 26.6. The highest BCUT2D eigenvalue weighted by Crippen LogP contribution is 2.26. The average Bonchev–Trinajstić information content (AvgIpc) is 2.64. The van der Waals surface area contributed by atoms with Crippen LogP contribution >= 0.6 is 23.2 Å². The maximum Gasteiger partial charge on any atom is 0.257 e. The van der Waals surface area contributed by atoms with Crippen molar-refractivity contribution in [2.24, 2.45) is 0 Å². The smallest absolute Gasteiger partial charge is 0.257 e. The first-order valence-electron chi connectivity index (χ1n) is 8.21. The summed E-state index contributed by atoms with van der Waals surface area (Å²) in [6.45, 7) is 1.62. The van der Waals surface area contributed by atoms with Crippen LogP contribution in [0.2, 0.25) is 10.0 Å². The van der Waals surface area contributed by atoms with Gasteiger partial charge in [-0.05, 0) is 55.7 Å². The second-order valence-corrected chi connectivity index (χ2v) is 6.77. The van der Waals surface area contributed by atoms with Gasteiger partial charge in [0.1, 0.15) is 0 Å². The molecule has 0 unspecified atom stereocenters. The van der Waals surface area contributed by atoms with Gasteiger partial charge in [0.25, 0.3) is 11.8 Å². The molecule has 0 saturated carbocycles. The molecule has 0 bridgehead atoms. The first-order chi connectivity index (χ1) is 12.1. The minimum absolute atomic E-state index is 0.0375. The molecule has 1 aliphatic rings. The molecular weight excluding hydrogens is 359 g/mol. The lowest BCUT2D eigenvalue weighted by Gasteiger charge is -2.26. The Hall–Kier alpha value is -2.04. The van der Waals surface area contributed by atoms with E-state index in [2.05, 4.69) is 5.32 Å². The van der Waals surface area contributed by atoms with Crippen molar-refractivity contribution < 1.29 is 9.59 Å². The molecule has 0 spiro atoms. The summed E-state index contributed by atoms with van der Waals surface area (Å²) >= 11 is 12.0. The van der Waals surface area contributed by atoms with E-state index in [1.807, 2.05) is 4.90 Å². The van der Waals surface area contributed by atoms with E-state index in [0.717, 1.165) is 25.9 Å². The van der Waals surface area contributed by atoms with Crippen molar-refractivity contribution in [3.63, 3.8) is 0 Å². The zero-order valence-corrected chi connectivity index (χ0v) is 15.1. The lowest BCUT2D eigenvalue weighted by Crippen LogP contribution is -2.35. The number of likely N-dealkylation sites (tertiary alicyclic amines) is 1. The number of piperidine rings is 1. The molecule has 0 radical (unpaired) electrons. The zero-order valence-electron chi connectivity index (χ0n) is 13.6. The van der Waals surface area contributed by atoms with Gasteiger partial charge in [-0.1, -0.05) is 29.3 Å². The molecule has 2 aromatic rings. The van der Waals surface area contributed by atoms with E-state index < -0.39 is 0 Å². The van der Waals surface area contributed by atoms with Gasteiger partial charge < -0.3 is 10.2 Å². The van der Waals surface area contributed by atoms with Gasteiger partial charge in [0, 0.05) is 24.3 Å². The highest BCUT2D eigenvalue weighted by atomic mass is 35.5. The molecule has 0 aliphatic carbocycles. The highest BCUT2D eigenvalue weighted by Gasteiger charge is 2.18. The van der Waals surface area contributed by atoms with Crippen molar-refractivity contribution in [2.75, 3.05) is 18.4 Å². The number of amides is 2. The van der Waals surface area contributed by atoms with Crippen LogP contribution in [-0.2, 0) is 0 Å². The molecule has 1 saturated heterocycles. The van der Waals surface area contributed by atoms with Crippen LogP contribution in [-0.4, -0.2) is 29.8 Å². The van der Waals surface area contributed by atoms with Crippen molar-refractivity contribution in [1.29, 1.82) is 0 Å². The van der Waals surface area contributed by atoms with Crippen molar-refractivity contribution >= 4 is 40.7 Å². The van der Waals surface area contributed by atoms with Gasteiger partial charge in [-0.25, -0.2) is 0 Å². The Bertz CT molecular complexity index is 785. The number of rotatable bonds is 3. The molecule has 6 heteroatoms. The van der Waals surface area contributed by atoms with Gasteiger partial charge in [-0.2, -0.15) is 0 Å². The molecule has 1 heterocycles. The summed E-state index contributed by atoms with van der Waals surface area (Å²) in [6, 6.07) is 11.8. The van der Waals surface area contributed by atoms with Crippen molar-refractivity contribution in [3.05, 3.63) is 63.6 Å². The fourth-order valence-electron chi connectivity index (χ4n) is 2.85. The number of halogens is 2. The molecule has 0 atom stereocenters. The standard InChI is InChI=1S/C19H18Cl2N2O2/c20-16-6-4-5-15(17(16)21)18(24)22-14-9-7-13(8-10-14)19(25)23-11-2-1-3-12-23/h4-10H,1-3,11-12H2,(H,22,24). The predicted octanol–water partition coefficient (Wildman–Crippen LogP) is 4.87. The second-order valence-electron chi connectivity index (χ2n) is 5.99. The summed E-state index contributed by atoms with van der Waals surface area (Å²) in [5.41, 5.74) is 1.53. The number of benzene rings is 2. The minimum atomic E-state index is -0.345. The van der Waals surface area contributed by atoms with Gasteiger partial charge in [0.15, 0.2) is 0 Å². The van der Waals surface area contributed by atoms with Gasteiger partial charge in [-0.3, -0.25) is 9.59 Å². The number of hydrogen-bond donors (Lipinski definition) is 1. The fraction of sp³-hybridized carbons (Fsp3) is 0.263. The third-order valence-electron chi connectivity index (χ3n) is 4.23. The number of carbonyl (C=O) groups is 2. The minimum Gasteiger partial charge on any atom is -0.339 e. The van der Waals surface area contributed by atoms with E-state index in [0.29, 0.717) is 21.8 Å². The van der Waals surface area contributed by atoms with E-state index in [4.69, 9.17) is 23.2 Å². The zero-order chi connectivity index (χ0) is 17.8. The normalized spacial score (nSPS) is 14.2. The van der Waals surface area contributed by atoms with Crippen LogP contribution in [0.15, 0.2) is 42.5 Å². The van der Waals surface area contributed by atoms with Gasteiger partial charge in [0.2, 0.25) is 0 Å². The predicted molar refractivity (Wildman–Crippen MR) is 101 cm³/mol. The Morgan fingerprint density at radius 3 is 2.28 bits per heavy atom. The Labute approximate surface area is 156 Å². The van der Waals surface area contributed by atoms with E-state index in [1.165, 1.54) is 6.42 Å². The molecule has 4 nitrogen and oxygen atoms in total. The van der Waals surface area contributed by atoms with Crippen LogP contribution in [0.1, 0.15) is 40.0 Å². The third kappa shape index (κ3) is 4.14. The average molecular weight is 377 g/mol. The summed E-state index contributed by atoms with van der Waals surface area (Å²) in [6.07, 6.45) is 3.29. The molecule has 3 rings (SSSR count). The van der Waals surface area contributed by atoms with E-state index >= 15 is 0 Å². The maximum atomic E-state index is 12.4. The van der Waals surface area contributed by atoms with Crippen molar-refractivity contribution in [2.45, 2.75) is 19.3 Å². The molecule has 2 amide bonds. The molecule has 1 N–H and O–H groups in total. The topological polar surface area (TPSA) is 49.4 Å². The van der Waals surface area contributed by atoms with Crippen LogP contribution in [0.5, 0.6) is 0 Å². The lowest BCUT2D eigenvalue weighted by molar-refractivity contribution is 0.0724. The maximum absolute atomic E-state index is 12.4. The van der Waals surface area contributed by atoms with Crippen LogP contribution < -0.4 is 5.32 Å². The van der Waals surface area contributed by atoms with E-state index in [1.54, 1.807) is 42.5 Å². The molecule has 2 aromatic carbocycles. The number of nitrogens with one attached hydrogen (secondary N) is 1. The molecule has 1 aliphatic heterocycles. The van der Waals surface area contributed by atoms with Crippen molar-refractivity contribution in [3.8, 4) is 0 Å². The third-order valence-corrected chi connectivity index (χ3v) is 5.05. The van der Waals surface area contributed by atoms with Crippen LogP contribution in [0, 0.1) is 0 Å². The molecule has 130 valence electrons. The number of anilines is 1. The SMILES string of the molecule is O=C(Nc1ccc(C(=O)N2CCCCC2)cc1)c1cccc(Cl)c1Cl. The first kappa shape index (κ1) is 17.8. The van der Waals surface area contributed by atoms with Gasteiger partial charge in [-0.15, -0.1) is 0 Å². The Kier molecular flexibility index (Phi) is 5.61. The lowest BCUT2D eigenvalue weighted by atomic mass is 10.1. The van der Waals surface area contributed by atoms with Crippen molar-refractivity contribution in [1.82, 2.24) is 4.90 Å². The molecular formula is C19H18Cl2N2O2. The Morgan fingerprint density at radius 1 is 0.920 bits per heavy atom. The number of carbonyl (C=O) groups excluding carboxylic acids is 2. The first-order valence-corrected chi connectivity index (χ1v) is 8.96. The quantitative estimate of drug-likeness (QED) is 0.830. The Balaban J connectivity index is 1.69. The fourth-order valence-corrected chi connectivity index (χ4v) is 3.24. The number of hydrogen-bond acceptors (Lipinski definition) is 2. The van der Waals surface area contributed by atoms with Crippen LogP contribution in [0.25, 0.3) is 0 Å². The molecule has 1 fully saturated rings. The molecule has 25 heavy (non-hydrogen) atoms. The summed E-state index contributed by atoms with van der Waals surface area (Å²) in [5, 5.41) is 3.32.